The number of unbranched alkanes of at least 4 members (excludes halogenated alkanes) is 1. The quantitative estimate of drug-likeness (QED) is 0.0674. The number of nitrogens with zero attached hydrogens (tertiary/aromatic N) is 3. The van der Waals surface area contributed by atoms with Crippen molar-refractivity contribution < 1.29 is 49.7 Å². The molecular formula is C41H46N3O10S2+. The van der Waals surface area contributed by atoms with Gasteiger partial charge in [0.1, 0.15) is 6.54 Å². The molecule has 0 radical (unpaired) electrons. The summed E-state index contributed by atoms with van der Waals surface area (Å²) in [5.74, 6) is -2.37. The van der Waals surface area contributed by atoms with Crippen molar-refractivity contribution >= 4 is 65.9 Å². The summed E-state index contributed by atoms with van der Waals surface area (Å²) in [6.45, 7) is 13.1. The summed E-state index contributed by atoms with van der Waals surface area (Å²) >= 11 is 0. The number of hydroxylamine groups is 2. The highest BCUT2D eigenvalue weighted by atomic mass is 32.2. The Labute approximate surface area is 327 Å². The average Bonchev–Trinajstić information content (AvgIpc) is 3.63. The Morgan fingerprint density at radius 2 is 1.59 bits per heavy atom. The lowest BCUT2D eigenvalue weighted by molar-refractivity contribution is -0.438. The van der Waals surface area contributed by atoms with Crippen LogP contribution in [0.25, 0.3) is 10.8 Å². The number of fused-ring (bicyclic) bond motifs is 4. The molecule has 1 fully saturated rings. The molecule has 2 amide bonds. The standard InChI is InChI=1S/C41H45N3O10S2/c1-7-42-33-18-16-29-26(2)23-28(56(51,52)53)25-30(29)38(33)41(5,6)35(42)14-10-8-9-13-34-40(3,4)31-24-27(39(47)54-44-36(45)19-20-37(44)46)15-17-32(31)43(34)21-11-12-22-55(48,49)50/h8-10,13-18,23-25H,7,11-12,19-22H2,1-6H3,(H-,48,49,50,51,52,53)/p+1. The number of imide groups is 1. The van der Waals surface area contributed by atoms with Crippen molar-refractivity contribution in [1.82, 2.24) is 5.06 Å². The van der Waals surface area contributed by atoms with Crippen LogP contribution in [0.2, 0.25) is 0 Å². The fourth-order valence-electron chi connectivity index (χ4n) is 8.09. The van der Waals surface area contributed by atoms with Crippen LogP contribution in [0.3, 0.4) is 0 Å². The van der Waals surface area contributed by atoms with Crippen LogP contribution >= 0.6 is 0 Å². The first-order valence-corrected chi connectivity index (χ1v) is 21.4. The van der Waals surface area contributed by atoms with Crippen molar-refractivity contribution in [2.24, 2.45) is 0 Å². The fourth-order valence-corrected chi connectivity index (χ4v) is 9.25. The van der Waals surface area contributed by atoms with Gasteiger partial charge in [-0.2, -0.15) is 21.4 Å². The minimum atomic E-state index is -4.42. The number of carbonyl (C=O) groups is 3. The number of hydrogen-bond donors (Lipinski definition) is 2. The molecule has 3 aromatic rings. The predicted octanol–water partition coefficient (Wildman–Crippen LogP) is 6.47. The van der Waals surface area contributed by atoms with Crippen LogP contribution in [0.4, 0.5) is 11.4 Å². The second-order valence-electron chi connectivity index (χ2n) is 15.3. The summed E-state index contributed by atoms with van der Waals surface area (Å²) in [6.07, 6.45) is 10.3. The Kier molecular flexibility index (Phi) is 10.8. The predicted molar refractivity (Wildman–Crippen MR) is 212 cm³/mol. The second-order valence-corrected chi connectivity index (χ2v) is 18.3. The highest BCUT2D eigenvalue weighted by Crippen LogP contribution is 2.51. The number of aryl methyl sites for hydroxylation is 1. The summed E-state index contributed by atoms with van der Waals surface area (Å²) in [6, 6.07) is 12.0. The molecule has 15 heteroatoms. The molecule has 13 nitrogen and oxygen atoms in total. The average molecular weight is 805 g/mol. The van der Waals surface area contributed by atoms with Crippen LogP contribution in [0.15, 0.2) is 83.4 Å². The molecule has 56 heavy (non-hydrogen) atoms. The number of hydrogen-bond acceptors (Lipinski definition) is 9. The van der Waals surface area contributed by atoms with Crippen LogP contribution in [0.1, 0.15) is 87.4 Å². The maximum absolute atomic E-state index is 13.1. The second kappa shape index (κ2) is 14.8. The van der Waals surface area contributed by atoms with E-state index in [4.69, 9.17) is 4.84 Å². The van der Waals surface area contributed by atoms with Gasteiger partial charge in [-0.25, -0.2) is 4.79 Å². The molecular weight excluding hydrogens is 759 g/mol. The highest BCUT2D eigenvalue weighted by Gasteiger charge is 2.45. The van der Waals surface area contributed by atoms with Crippen LogP contribution < -0.4 is 4.90 Å². The topological polar surface area (TPSA) is 179 Å². The van der Waals surface area contributed by atoms with Gasteiger partial charge in [0.15, 0.2) is 5.71 Å². The summed E-state index contributed by atoms with van der Waals surface area (Å²) in [4.78, 5) is 44.4. The van der Waals surface area contributed by atoms with Gasteiger partial charge < -0.3 is 9.74 Å². The van der Waals surface area contributed by atoms with Gasteiger partial charge >= 0.3 is 5.97 Å². The molecule has 0 bridgehead atoms. The lowest BCUT2D eigenvalue weighted by atomic mass is 9.80. The van der Waals surface area contributed by atoms with Crippen molar-refractivity contribution in [3.8, 4) is 0 Å². The number of amides is 2. The molecule has 3 aliphatic rings. The van der Waals surface area contributed by atoms with Crippen molar-refractivity contribution in [1.29, 1.82) is 0 Å². The minimum absolute atomic E-state index is 0.0221. The van der Waals surface area contributed by atoms with Crippen molar-refractivity contribution in [3.05, 3.63) is 101 Å². The van der Waals surface area contributed by atoms with E-state index in [9.17, 15) is 40.3 Å². The van der Waals surface area contributed by atoms with Crippen molar-refractivity contribution in [2.75, 3.05) is 23.7 Å². The summed E-state index contributed by atoms with van der Waals surface area (Å²) in [5, 5.41) is 2.18. The molecule has 0 saturated carbocycles. The SMILES string of the molecule is CCN1/C(=C/C=C/C=C/C2=[N+](CCCCS(=O)(=O)O)c3ccc(C(=O)ON4C(=O)CCC4=O)cc3C2(C)C)C(C)(C)c2c1ccc1c(C)cc(S(=O)(=O)O)cc21. The van der Waals surface area contributed by atoms with Crippen LogP contribution in [-0.4, -0.2) is 77.9 Å². The first kappa shape index (κ1) is 40.7. The van der Waals surface area contributed by atoms with Crippen molar-refractivity contribution in [3.63, 3.8) is 0 Å². The molecule has 2 N–H and O–H groups in total. The maximum Gasteiger partial charge on any atom is 0.363 e. The van der Waals surface area contributed by atoms with Gasteiger partial charge in [-0.15, -0.1) is 5.06 Å². The Morgan fingerprint density at radius 1 is 0.893 bits per heavy atom. The van der Waals surface area contributed by atoms with Crippen LogP contribution in [0, 0.1) is 6.92 Å². The van der Waals surface area contributed by atoms with E-state index in [-0.39, 0.29) is 35.5 Å². The van der Waals surface area contributed by atoms with Gasteiger partial charge in [0.2, 0.25) is 5.69 Å². The molecule has 1 saturated heterocycles. The molecule has 0 spiro atoms. The van der Waals surface area contributed by atoms with E-state index in [1.165, 1.54) is 6.07 Å². The third kappa shape index (κ3) is 7.60. The van der Waals surface area contributed by atoms with Gasteiger partial charge in [-0.05, 0) is 92.4 Å². The number of carbonyl (C=O) groups excluding carboxylic acids is 3. The molecule has 0 atom stereocenters. The molecule has 0 unspecified atom stereocenters. The summed E-state index contributed by atoms with van der Waals surface area (Å²) in [5.41, 5.74) is 5.10. The van der Waals surface area contributed by atoms with Crippen LogP contribution in [-0.2, 0) is 45.5 Å². The third-order valence-corrected chi connectivity index (χ3v) is 12.5. The lowest BCUT2D eigenvalue weighted by Gasteiger charge is -2.26. The number of allylic oxidation sites excluding steroid dienone is 6. The van der Waals surface area contributed by atoms with E-state index in [2.05, 4.69) is 18.7 Å². The fraction of sp³-hybridized carbons (Fsp3) is 0.366. The van der Waals surface area contributed by atoms with E-state index in [1.807, 2.05) is 74.8 Å². The Hall–Kier alpha value is -4.96. The number of anilines is 1. The zero-order valence-corrected chi connectivity index (χ0v) is 33.8. The Morgan fingerprint density at radius 3 is 2.23 bits per heavy atom. The third-order valence-electron chi connectivity index (χ3n) is 10.8. The molecule has 6 rings (SSSR count). The smallest absolute Gasteiger partial charge is 0.344 e. The van der Waals surface area contributed by atoms with E-state index in [0.717, 1.165) is 50.2 Å². The molecule has 296 valence electrons. The highest BCUT2D eigenvalue weighted by molar-refractivity contribution is 7.86. The first-order chi connectivity index (χ1) is 26.2. The van der Waals surface area contributed by atoms with Gasteiger partial charge in [-0.1, -0.05) is 38.1 Å². The lowest BCUT2D eigenvalue weighted by Crippen LogP contribution is -2.32. The Balaban J connectivity index is 1.31. The van der Waals surface area contributed by atoms with Gasteiger partial charge in [0.25, 0.3) is 32.1 Å². The van der Waals surface area contributed by atoms with Gasteiger partial charge in [0.05, 0.1) is 21.6 Å². The minimum Gasteiger partial charge on any atom is -0.344 e. The zero-order valence-electron chi connectivity index (χ0n) is 32.2. The first-order valence-electron chi connectivity index (χ1n) is 18.4. The largest absolute Gasteiger partial charge is 0.363 e. The number of rotatable bonds is 12. The molecule has 3 heterocycles. The van der Waals surface area contributed by atoms with Crippen LogP contribution in [0.5, 0.6) is 0 Å². The number of benzene rings is 3. The zero-order chi connectivity index (χ0) is 41.0. The van der Waals surface area contributed by atoms with Gasteiger partial charge in [0, 0.05) is 60.3 Å². The molecule has 3 aliphatic heterocycles. The summed E-state index contributed by atoms with van der Waals surface area (Å²) in [7, 11) is -8.54. The number of likely N-dealkylation sites (N-methyl/N-ethyl adjacent to an activating group) is 1. The molecule has 0 aromatic heterocycles. The molecule has 3 aromatic carbocycles. The van der Waals surface area contributed by atoms with Gasteiger partial charge in [-0.3, -0.25) is 18.7 Å². The normalized spacial score (nSPS) is 18.7. The summed E-state index contributed by atoms with van der Waals surface area (Å²) < 4.78 is 68.4. The van der Waals surface area contributed by atoms with E-state index in [0.29, 0.717) is 24.6 Å². The van der Waals surface area contributed by atoms with Crippen molar-refractivity contribution in [2.45, 2.75) is 83.0 Å². The molecule has 0 aliphatic carbocycles. The Bertz CT molecular complexity index is 2510. The van der Waals surface area contributed by atoms with E-state index in [1.54, 1.807) is 24.3 Å². The van der Waals surface area contributed by atoms with E-state index < -0.39 is 48.8 Å². The maximum atomic E-state index is 13.1. The van der Waals surface area contributed by atoms with E-state index >= 15 is 0 Å². The monoisotopic (exact) mass is 804 g/mol.